The Morgan fingerprint density at radius 2 is 2.00 bits per heavy atom. The third-order valence-electron chi connectivity index (χ3n) is 0.319. The molecule has 0 unspecified atom stereocenters. The maximum absolute atomic E-state index is 4.91. The van der Waals surface area contributed by atoms with E-state index in [4.69, 9.17) is 4.74 Å². The fourth-order valence-corrected chi connectivity index (χ4v) is 0.627. The van der Waals surface area contributed by atoms with E-state index in [1.54, 1.807) is 0 Å². The molecule has 0 N–H and O–H groups in total. The van der Waals surface area contributed by atoms with Crippen LogP contribution >= 0.6 is 24.8 Å². The second-order valence-corrected chi connectivity index (χ2v) is 2.61. The molecule has 0 bridgehead atoms. The Morgan fingerprint density at radius 1 is 1.62 bits per heavy atom. The Kier molecular flexibility index (Phi) is 23.0. The number of rotatable bonds is 2. The minimum absolute atomic E-state index is 0. The first-order chi connectivity index (χ1) is 2.77. The predicted molar refractivity (Wildman–Crippen MR) is 35.3 cm³/mol. The van der Waals surface area contributed by atoms with Gasteiger partial charge in [0.2, 0.25) is 0 Å². The summed E-state index contributed by atoms with van der Waals surface area (Å²) in [6.07, 6.45) is 0. The molecule has 0 saturated carbocycles. The summed E-state index contributed by atoms with van der Waals surface area (Å²) < 4.78 is 5.84. The van der Waals surface area contributed by atoms with E-state index in [1.807, 2.05) is 6.92 Å². The molecule has 0 aromatic heterocycles. The first-order valence-electron chi connectivity index (χ1n) is 1.80. The van der Waals surface area contributed by atoms with Gasteiger partial charge in [-0.1, -0.05) is 0 Å². The third kappa shape index (κ3) is 15.6. The Bertz CT molecular complexity index is 58.0. The second-order valence-electron chi connectivity index (χ2n) is 0.856. The van der Waals surface area contributed by atoms with Gasteiger partial charge in [-0.15, -0.1) is 24.8 Å². The van der Waals surface area contributed by atoms with E-state index in [-0.39, 0.29) is 24.8 Å². The van der Waals surface area contributed by atoms with Crippen LogP contribution in [0, 0.1) is 39.6 Å². The molecule has 0 fully saturated rings. The van der Waals surface area contributed by atoms with Gasteiger partial charge >= 0.3 is 65.8 Å². The van der Waals surface area contributed by atoms with E-state index in [0.29, 0.717) is 0 Å². The number of hydrogen-bond acceptors (Lipinski definition) is 1. The van der Waals surface area contributed by atoms with Gasteiger partial charge in [-0.25, -0.2) is 0 Å². The number of hydrogen-bond donors (Lipinski definition) is 0. The van der Waals surface area contributed by atoms with Crippen LogP contribution in [0.2, 0.25) is 0 Å². The summed E-state index contributed by atoms with van der Waals surface area (Å²) in [6.45, 7) is 6.31. The molecule has 0 radical (unpaired) electrons. The van der Waals surface area contributed by atoms with Crippen LogP contribution in [0.15, 0.2) is 7.86 Å². The van der Waals surface area contributed by atoms with Crippen molar-refractivity contribution >= 4 is 24.8 Å². The van der Waals surface area contributed by atoms with Crippen LogP contribution in [0.1, 0.15) is 6.92 Å². The van der Waals surface area contributed by atoms with Crippen LogP contribution in [-0.4, -0.2) is 6.61 Å². The van der Waals surface area contributed by atoms with Gasteiger partial charge in [-0.3, -0.25) is 0 Å². The summed E-state index contributed by atoms with van der Waals surface area (Å²) in [5.74, 6) is 0. The predicted octanol–water partition coefficient (Wildman–Crippen LogP) is 1.89. The summed E-state index contributed by atoms with van der Waals surface area (Å²) >= 11 is 0.962. The Labute approximate surface area is 89.4 Å². The van der Waals surface area contributed by atoms with Gasteiger partial charge in [0.25, 0.3) is 0 Å². The molecular formula is C4H9CeCl2O. The van der Waals surface area contributed by atoms with Crippen molar-refractivity contribution in [2.75, 3.05) is 6.61 Å². The molecule has 1 nitrogen and oxygen atoms in total. The molecule has 0 rings (SSSR count). The van der Waals surface area contributed by atoms with E-state index in [1.165, 1.54) is 0 Å². The molecule has 0 aliphatic heterocycles. The van der Waals surface area contributed by atoms with E-state index >= 15 is 0 Å². The summed E-state index contributed by atoms with van der Waals surface area (Å²) in [4.78, 5) is 0. The molecule has 0 aliphatic carbocycles. The average molecular weight is 284 g/mol. The van der Waals surface area contributed by atoms with Crippen LogP contribution in [0.4, 0.5) is 0 Å². The van der Waals surface area contributed by atoms with Crippen molar-refractivity contribution in [1.82, 2.24) is 0 Å². The van der Waals surface area contributed by atoms with Crippen molar-refractivity contribution in [2.24, 2.45) is 0 Å². The molecule has 0 spiro atoms. The Balaban J connectivity index is -0.000000125. The molecule has 49 valence electrons. The molecule has 0 aromatic rings. The van der Waals surface area contributed by atoms with Crippen molar-refractivity contribution in [2.45, 2.75) is 6.92 Å². The first-order valence-corrected chi connectivity index (χ1v) is 3.37. The smallest absolute Gasteiger partial charge is 0.147 e. The molecule has 0 saturated heterocycles. The second kappa shape index (κ2) is 11.3. The Hall–Kier alpha value is 1.50. The average Bonchev–Trinajstić information content (AvgIpc) is 1.35. The van der Waals surface area contributed by atoms with Crippen LogP contribution in [0.3, 0.4) is 0 Å². The molecule has 4 heteroatoms. The van der Waals surface area contributed by atoms with Gasteiger partial charge in [0, 0.05) is 0 Å². The molecular weight excluding hydrogens is 275 g/mol. The normalized spacial score (nSPS) is 5.50. The molecule has 0 heterocycles. The Morgan fingerprint density at radius 3 is 2.00 bits per heavy atom. The topological polar surface area (TPSA) is 9.23 Å². The van der Waals surface area contributed by atoms with Crippen LogP contribution in [0.5, 0.6) is 0 Å². The minimum Gasteiger partial charge on any atom is -0.147 e. The number of ether oxygens (including phenoxy) is 1. The fraction of sp³-hybridized carbons (Fsp3) is 0.500. The van der Waals surface area contributed by atoms with Crippen molar-refractivity contribution in [1.29, 1.82) is 0 Å². The fourth-order valence-electron chi connectivity index (χ4n) is 0.174. The monoisotopic (exact) mass is 283 g/mol. The zero-order valence-electron chi connectivity index (χ0n) is 4.64. The van der Waals surface area contributed by atoms with Crippen LogP contribution in [0.25, 0.3) is 0 Å². The third-order valence-corrected chi connectivity index (χ3v) is 0.772. The molecule has 8 heavy (non-hydrogen) atoms. The summed E-state index contributed by atoms with van der Waals surface area (Å²) in [5, 5.41) is 0. The van der Waals surface area contributed by atoms with Gasteiger partial charge in [0.15, 0.2) is 0 Å². The van der Waals surface area contributed by atoms with Gasteiger partial charge in [0.1, 0.15) is 0 Å². The standard InChI is InChI=1S/C4H7O.Ce.2ClH/c1-3-5-4-2;;;/h1,4H2,2H3;;2*1H. The van der Waals surface area contributed by atoms with E-state index in [0.717, 1.165) is 47.5 Å². The maximum atomic E-state index is 4.91. The van der Waals surface area contributed by atoms with Crippen molar-refractivity contribution in [3.63, 3.8) is 0 Å². The van der Waals surface area contributed by atoms with Gasteiger partial charge in [-0.05, 0) is 0 Å². The van der Waals surface area contributed by atoms with Gasteiger partial charge in [0.05, 0.1) is 0 Å². The van der Waals surface area contributed by atoms with E-state index in [2.05, 4.69) is 6.58 Å². The number of halogens is 2. The zero-order chi connectivity index (χ0) is 4.99. The van der Waals surface area contributed by atoms with Gasteiger partial charge in [-0.2, -0.15) is 0 Å². The molecule has 0 aromatic carbocycles. The van der Waals surface area contributed by atoms with Crippen LogP contribution in [-0.2, 0) is 4.74 Å². The first kappa shape index (κ1) is 16.2. The van der Waals surface area contributed by atoms with E-state index < -0.39 is 0 Å². The molecule has 0 atom stereocenters. The zero-order valence-corrected chi connectivity index (χ0v) is 9.41. The maximum Gasteiger partial charge on any atom is -0.147 e. The van der Waals surface area contributed by atoms with Crippen molar-refractivity contribution < 1.29 is 44.4 Å². The quantitative estimate of drug-likeness (QED) is 0.704. The van der Waals surface area contributed by atoms with Crippen LogP contribution < -0.4 is 0 Å². The molecule has 0 aliphatic rings. The SMILES string of the molecule is C=[C]([Ce])OCC.Cl.Cl. The summed E-state index contributed by atoms with van der Waals surface area (Å²) in [6, 6.07) is 0. The van der Waals surface area contributed by atoms with Crippen molar-refractivity contribution in [3.05, 3.63) is 7.86 Å². The van der Waals surface area contributed by atoms with Gasteiger partial charge < -0.3 is 0 Å². The molecule has 0 amide bonds. The largest absolute Gasteiger partial charge is 0.147 e. The van der Waals surface area contributed by atoms with Crippen molar-refractivity contribution in [3.8, 4) is 0 Å². The minimum atomic E-state index is 0. The van der Waals surface area contributed by atoms with E-state index in [9.17, 15) is 0 Å². The summed E-state index contributed by atoms with van der Waals surface area (Å²) in [7, 11) is 0. The summed E-state index contributed by atoms with van der Waals surface area (Å²) in [5.41, 5.74) is 0.